The van der Waals surface area contributed by atoms with Crippen molar-refractivity contribution >= 4 is 61.6 Å². The zero-order valence-corrected chi connectivity index (χ0v) is 24.0. The molecule has 1 amide bonds. The van der Waals surface area contributed by atoms with Crippen LogP contribution >= 0.6 is 18.9 Å². The van der Waals surface area contributed by atoms with Crippen molar-refractivity contribution in [1.29, 1.82) is 0 Å². The largest absolute Gasteiger partial charge is 0.339 e. The number of nitrogens with zero attached hydrogens (tertiary/aromatic N) is 1. The molecule has 0 aliphatic carbocycles. The second kappa shape index (κ2) is 10.8. The van der Waals surface area contributed by atoms with Gasteiger partial charge in [-0.25, -0.2) is 0 Å². The number of amides is 1. The van der Waals surface area contributed by atoms with Crippen molar-refractivity contribution in [3.8, 4) is 11.1 Å². The summed E-state index contributed by atoms with van der Waals surface area (Å²) in [5.74, 6) is 0. The van der Waals surface area contributed by atoms with Crippen molar-refractivity contribution < 1.29 is 9.36 Å². The van der Waals surface area contributed by atoms with Crippen molar-refractivity contribution in [2.75, 3.05) is 14.1 Å². The van der Waals surface area contributed by atoms with Gasteiger partial charge in [-0.3, -0.25) is 4.79 Å². The van der Waals surface area contributed by atoms with Crippen LogP contribution in [0.15, 0.2) is 138 Å². The number of hydrogen-bond donors (Lipinski definition) is 0. The van der Waals surface area contributed by atoms with Gasteiger partial charge < -0.3 is 9.46 Å². The summed E-state index contributed by atoms with van der Waals surface area (Å²) in [6.45, 7) is 0. The summed E-state index contributed by atoms with van der Waals surface area (Å²) in [4.78, 5) is 15.5. The third-order valence-electron chi connectivity index (χ3n) is 7.19. The zero-order valence-electron chi connectivity index (χ0n) is 22.3. The van der Waals surface area contributed by atoms with Crippen molar-refractivity contribution in [3.05, 3.63) is 133 Å². The van der Waals surface area contributed by atoms with E-state index in [4.69, 9.17) is 0 Å². The third kappa shape index (κ3) is 4.54. The molecule has 5 heteroatoms. The van der Waals surface area contributed by atoms with Gasteiger partial charge in [0.2, 0.25) is 0 Å². The van der Waals surface area contributed by atoms with Crippen LogP contribution in [0.4, 0.5) is 4.79 Å². The van der Waals surface area contributed by atoms with Gasteiger partial charge in [0.1, 0.15) is 0 Å². The molecule has 0 aliphatic rings. The molecule has 0 radical (unpaired) electrons. The minimum atomic E-state index is -3.34. The SMILES string of the molecule is CN(C)C(=O)Sc1ccc2ccccc2c1-c1c(P(=O)(c2ccccc2)c2ccccc2)ccc2ccccc12. The van der Waals surface area contributed by atoms with Gasteiger partial charge >= 0.3 is 0 Å². The third-order valence-corrected chi connectivity index (χ3v) is 11.4. The summed E-state index contributed by atoms with van der Waals surface area (Å²) in [6, 6.07) is 44.1. The second-order valence-corrected chi connectivity index (χ2v) is 13.6. The molecule has 0 saturated heterocycles. The van der Waals surface area contributed by atoms with Gasteiger partial charge in [0.15, 0.2) is 7.14 Å². The molecule has 0 N–H and O–H groups in total. The van der Waals surface area contributed by atoms with Crippen molar-refractivity contribution in [2.24, 2.45) is 0 Å². The van der Waals surface area contributed by atoms with E-state index < -0.39 is 7.14 Å². The molecule has 0 bridgehead atoms. The minimum absolute atomic E-state index is 0.0624. The molecule has 40 heavy (non-hydrogen) atoms. The Morgan fingerprint density at radius 3 is 1.60 bits per heavy atom. The van der Waals surface area contributed by atoms with Gasteiger partial charge in [0.25, 0.3) is 5.24 Å². The molecule has 0 fully saturated rings. The maximum absolute atomic E-state index is 15.8. The molecule has 6 aromatic rings. The lowest BCUT2D eigenvalue weighted by molar-refractivity contribution is 0.241. The highest BCUT2D eigenvalue weighted by molar-refractivity contribution is 8.13. The van der Waals surface area contributed by atoms with Gasteiger partial charge in [-0.1, -0.05) is 121 Å². The van der Waals surface area contributed by atoms with Gasteiger partial charge in [-0.05, 0) is 45.4 Å². The number of carbonyl (C=O) groups excluding carboxylic acids is 1. The summed E-state index contributed by atoms with van der Waals surface area (Å²) < 4.78 is 15.8. The van der Waals surface area contributed by atoms with Crippen LogP contribution in [-0.2, 0) is 4.57 Å². The van der Waals surface area contributed by atoms with E-state index in [2.05, 4.69) is 36.4 Å². The van der Waals surface area contributed by atoms with E-state index in [9.17, 15) is 4.79 Å². The molecular weight excluding hydrogens is 529 g/mol. The van der Waals surface area contributed by atoms with Crippen LogP contribution in [0.1, 0.15) is 0 Å². The van der Waals surface area contributed by atoms with Gasteiger partial charge in [0.05, 0.1) is 0 Å². The highest BCUT2D eigenvalue weighted by Gasteiger charge is 2.34. The number of carbonyl (C=O) groups is 1. The summed E-state index contributed by atoms with van der Waals surface area (Å²) in [7, 11) is 0.185. The fourth-order valence-corrected chi connectivity index (χ4v) is 8.96. The van der Waals surface area contributed by atoms with E-state index in [-0.39, 0.29) is 5.24 Å². The zero-order chi connectivity index (χ0) is 27.7. The molecule has 0 aromatic heterocycles. The number of thioether (sulfide) groups is 1. The lowest BCUT2D eigenvalue weighted by atomic mass is 9.94. The maximum atomic E-state index is 15.8. The van der Waals surface area contributed by atoms with Crippen molar-refractivity contribution in [3.63, 3.8) is 0 Å². The Morgan fingerprint density at radius 2 is 1.05 bits per heavy atom. The molecule has 6 aromatic carbocycles. The molecule has 0 saturated carbocycles. The highest BCUT2D eigenvalue weighted by Crippen LogP contribution is 2.49. The molecule has 3 nitrogen and oxygen atoms in total. The fraction of sp³-hybridized carbons (Fsp3) is 0.0571. The molecule has 0 spiro atoms. The Labute approximate surface area is 238 Å². The summed E-state index contributed by atoms with van der Waals surface area (Å²) >= 11 is 1.20. The van der Waals surface area contributed by atoms with Gasteiger partial charge in [-0.15, -0.1) is 0 Å². The van der Waals surface area contributed by atoms with E-state index in [0.717, 1.165) is 53.5 Å². The van der Waals surface area contributed by atoms with Gasteiger partial charge in [-0.2, -0.15) is 0 Å². The number of benzene rings is 6. The van der Waals surface area contributed by atoms with Crippen LogP contribution in [0.5, 0.6) is 0 Å². The molecular formula is C35H28NO2PS. The van der Waals surface area contributed by atoms with Crippen molar-refractivity contribution in [1.82, 2.24) is 4.90 Å². The quantitative estimate of drug-likeness (QED) is 0.159. The van der Waals surface area contributed by atoms with Crippen LogP contribution in [0.25, 0.3) is 32.7 Å². The Kier molecular flexibility index (Phi) is 7.06. The van der Waals surface area contributed by atoms with E-state index in [1.165, 1.54) is 11.8 Å². The second-order valence-electron chi connectivity index (χ2n) is 9.88. The number of hydrogen-bond acceptors (Lipinski definition) is 3. The van der Waals surface area contributed by atoms with Crippen LogP contribution in [-0.4, -0.2) is 24.2 Å². The summed E-state index contributed by atoms with van der Waals surface area (Å²) in [5.41, 5.74) is 1.83. The Balaban J connectivity index is 1.79. The Hall–Kier alpha value is -4.11. The number of rotatable bonds is 5. The molecule has 0 aliphatic heterocycles. The first-order chi connectivity index (χ1) is 19.5. The molecule has 0 unspecified atom stereocenters. The monoisotopic (exact) mass is 557 g/mol. The Morgan fingerprint density at radius 1 is 0.575 bits per heavy atom. The van der Waals surface area contributed by atoms with E-state index in [0.29, 0.717) is 0 Å². The average Bonchev–Trinajstić information content (AvgIpc) is 3.01. The predicted molar refractivity (Wildman–Crippen MR) is 171 cm³/mol. The Bertz CT molecular complexity index is 1860. The van der Waals surface area contributed by atoms with Crippen molar-refractivity contribution in [2.45, 2.75) is 4.90 Å². The highest BCUT2D eigenvalue weighted by atomic mass is 32.2. The first-order valence-corrected chi connectivity index (χ1v) is 15.7. The van der Waals surface area contributed by atoms with E-state index in [1.54, 1.807) is 19.0 Å². The average molecular weight is 558 g/mol. The molecule has 0 heterocycles. The number of fused-ring (bicyclic) bond motifs is 2. The topological polar surface area (TPSA) is 37.4 Å². The maximum Gasteiger partial charge on any atom is 0.285 e. The minimum Gasteiger partial charge on any atom is -0.339 e. The lowest BCUT2D eigenvalue weighted by Gasteiger charge is -2.26. The van der Waals surface area contributed by atoms with Crippen LogP contribution in [0, 0.1) is 0 Å². The standard InChI is InChI=1S/C35H28NO2PS/c1-36(2)35(37)40-32-24-22-26-14-10-12-20-30(26)34(32)33-29-19-11-9-13-25(29)21-23-31(33)39(38,27-15-5-3-6-16-27)28-17-7-4-8-18-28/h3-24H,1-2H3. The van der Waals surface area contributed by atoms with Crippen LogP contribution < -0.4 is 15.9 Å². The van der Waals surface area contributed by atoms with Crippen LogP contribution in [0.2, 0.25) is 0 Å². The summed E-state index contributed by atoms with van der Waals surface area (Å²) in [5, 5.41) is 6.38. The first-order valence-electron chi connectivity index (χ1n) is 13.1. The first kappa shape index (κ1) is 26.1. The fourth-order valence-electron chi connectivity index (χ4n) is 5.27. The normalized spacial score (nSPS) is 11.6. The molecule has 0 atom stereocenters. The lowest BCUT2D eigenvalue weighted by Crippen LogP contribution is -2.26. The van der Waals surface area contributed by atoms with E-state index in [1.807, 2.05) is 97.1 Å². The van der Waals surface area contributed by atoms with Gasteiger partial charge in [0, 0.05) is 46.0 Å². The van der Waals surface area contributed by atoms with Crippen LogP contribution in [0.3, 0.4) is 0 Å². The van der Waals surface area contributed by atoms with E-state index >= 15 is 4.57 Å². The molecule has 6 rings (SSSR count). The summed E-state index contributed by atoms with van der Waals surface area (Å²) in [6.07, 6.45) is 0. The smallest absolute Gasteiger partial charge is 0.285 e. The molecule has 196 valence electrons. The predicted octanol–water partition coefficient (Wildman–Crippen LogP) is 8.07.